The van der Waals surface area contributed by atoms with Gasteiger partial charge in [0.2, 0.25) is 5.91 Å². The lowest BCUT2D eigenvalue weighted by Crippen LogP contribution is -2.42. The Hall–Kier alpha value is -0.610. The number of nitrogens with two attached hydrogens (primary N) is 2. The Morgan fingerprint density at radius 2 is 2.25 bits per heavy atom. The molecular formula is C8H19N3O. The zero-order valence-corrected chi connectivity index (χ0v) is 7.68. The Kier molecular flexibility index (Phi) is 6.70. The summed E-state index contributed by atoms with van der Waals surface area (Å²) < 4.78 is 0. The van der Waals surface area contributed by atoms with Gasteiger partial charge < -0.3 is 16.8 Å². The van der Waals surface area contributed by atoms with Crippen LogP contribution in [0, 0.1) is 0 Å². The first-order chi connectivity index (χ1) is 5.72. The van der Waals surface area contributed by atoms with Crippen LogP contribution in [-0.4, -0.2) is 25.0 Å². The van der Waals surface area contributed by atoms with Gasteiger partial charge in [-0.15, -0.1) is 0 Å². The van der Waals surface area contributed by atoms with E-state index >= 15 is 0 Å². The Labute approximate surface area is 73.7 Å². The highest BCUT2D eigenvalue weighted by Crippen LogP contribution is 1.97. The van der Waals surface area contributed by atoms with Crippen molar-refractivity contribution in [1.82, 2.24) is 5.32 Å². The third kappa shape index (κ3) is 5.09. The SMILES string of the molecule is CCCCC(N)C(=O)NCCN. The second-order valence-corrected chi connectivity index (χ2v) is 2.83. The Morgan fingerprint density at radius 3 is 2.75 bits per heavy atom. The summed E-state index contributed by atoms with van der Waals surface area (Å²) in [5.41, 5.74) is 10.8. The van der Waals surface area contributed by atoms with Crippen molar-refractivity contribution in [2.75, 3.05) is 13.1 Å². The number of carbonyl (C=O) groups excluding carboxylic acids is 1. The smallest absolute Gasteiger partial charge is 0.236 e. The molecule has 0 aromatic rings. The summed E-state index contributed by atoms with van der Waals surface area (Å²) in [7, 11) is 0. The van der Waals surface area contributed by atoms with Gasteiger partial charge in [0.15, 0.2) is 0 Å². The van der Waals surface area contributed by atoms with Crippen LogP contribution in [0.5, 0.6) is 0 Å². The van der Waals surface area contributed by atoms with Gasteiger partial charge in [0.1, 0.15) is 0 Å². The normalized spacial score (nSPS) is 12.6. The second kappa shape index (κ2) is 7.06. The number of nitrogens with one attached hydrogen (secondary N) is 1. The molecular weight excluding hydrogens is 154 g/mol. The van der Waals surface area contributed by atoms with E-state index < -0.39 is 0 Å². The van der Waals surface area contributed by atoms with E-state index in [0.29, 0.717) is 13.1 Å². The van der Waals surface area contributed by atoms with Gasteiger partial charge in [-0.05, 0) is 6.42 Å². The van der Waals surface area contributed by atoms with Gasteiger partial charge >= 0.3 is 0 Å². The van der Waals surface area contributed by atoms with E-state index in [4.69, 9.17) is 11.5 Å². The predicted octanol–water partition coefficient (Wildman–Crippen LogP) is -0.421. The van der Waals surface area contributed by atoms with Gasteiger partial charge in [0.25, 0.3) is 0 Å². The highest BCUT2D eigenvalue weighted by Gasteiger charge is 2.10. The molecule has 4 heteroatoms. The maximum Gasteiger partial charge on any atom is 0.236 e. The first-order valence-corrected chi connectivity index (χ1v) is 4.45. The van der Waals surface area contributed by atoms with Crippen LogP contribution in [0.1, 0.15) is 26.2 Å². The van der Waals surface area contributed by atoms with Crippen molar-refractivity contribution in [1.29, 1.82) is 0 Å². The van der Waals surface area contributed by atoms with Crippen molar-refractivity contribution < 1.29 is 4.79 Å². The molecule has 0 aliphatic heterocycles. The fourth-order valence-electron chi connectivity index (χ4n) is 0.882. The molecule has 0 fully saturated rings. The third-order valence-corrected chi connectivity index (χ3v) is 1.65. The Balaban J connectivity index is 3.47. The van der Waals surface area contributed by atoms with Crippen LogP contribution < -0.4 is 16.8 Å². The van der Waals surface area contributed by atoms with E-state index in [1.807, 2.05) is 0 Å². The van der Waals surface area contributed by atoms with Crippen LogP contribution in [-0.2, 0) is 4.79 Å². The number of carbonyl (C=O) groups is 1. The molecule has 0 saturated heterocycles. The van der Waals surface area contributed by atoms with Crippen molar-refractivity contribution >= 4 is 5.91 Å². The molecule has 0 saturated carbocycles. The second-order valence-electron chi connectivity index (χ2n) is 2.83. The monoisotopic (exact) mass is 173 g/mol. The molecule has 1 atom stereocenters. The van der Waals surface area contributed by atoms with Crippen LogP contribution >= 0.6 is 0 Å². The quantitative estimate of drug-likeness (QED) is 0.510. The Bertz CT molecular complexity index is 127. The molecule has 0 rings (SSSR count). The van der Waals surface area contributed by atoms with Gasteiger partial charge in [-0.3, -0.25) is 4.79 Å². The number of amides is 1. The van der Waals surface area contributed by atoms with E-state index in [1.54, 1.807) is 0 Å². The van der Waals surface area contributed by atoms with E-state index in [9.17, 15) is 4.79 Å². The van der Waals surface area contributed by atoms with Crippen LogP contribution in [0.25, 0.3) is 0 Å². The van der Waals surface area contributed by atoms with Gasteiger partial charge in [0.05, 0.1) is 6.04 Å². The standard InChI is InChI=1S/C8H19N3O/c1-2-3-4-7(10)8(12)11-6-5-9/h7H,2-6,9-10H2,1H3,(H,11,12). The zero-order chi connectivity index (χ0) is 9.40. The molecule has 5 N–H and O–H groups in total. The van der Waals surface area contributed by atoms with E-state index in [1.165, 1.54) is 0 Å². The zero-order valence-electron chi connectivity index (χ0n) is 7.68. The minimum absolute atomic E-state index is 0.0890. The maximum atomic E-state index is 11.1. The summed E-state index contributed by atoms with van der Waals surface area (Å²) in [5, 5.41) is 2.65. The van der Waals surface area contributed by atoms with Gasteiger partial charge in [0, 0.05) is 13.1 Å². The van der Waals surface area contributed by atoms with Crippen molar-refractivity contribution in [3.8, 4) is 0 Å². The average Bonchev–Trinajstić information content (AvgIpc) is 2.10. The summed E-state index contributed by atoms with van der Waals surface area (Å²) in [5.74, 6) is -0.0890. The highest BCUT2D eigenvalue weighted by molar-refractivity contribution is 5.81. The lowest BCUT2D eigenvalue weighted by atomic mass is 10.1. The Morgan fingerprint density at radius 1 is 1.58 bits per heavy atom. The molecule has 1 unspecified atom stereocenters. The van der Waals surface area contributed by atoms with E-state index in [-0.39, 0.29) is 11.9 Å². The van der Waals surface area contributed by atoms with E-state index in [0.717, 1.165) is 19.3 Å². The molecule has 12 heavy (non-hydrogen) atoms. The van der Waals surface area contributed by atoms with Crippen LogP contribution in [0.2, 0.25) is 0 Å². The van der Waals surface area contributed by atoms with Crippen LogP contribution in [0.4, 0.5) is 0 Å². The highest BCUT2D eigenvalue weighted by atomic mass is 16.2. The third-order valence-electron chi connectivity index (χ3n) is 1.65. The fraction of sp³-hybridized carbons (Fsp3) is 0.875. The molecule has 0 aliphatic rings. The molecule has 0 aromatic heterocycles. The van der Waals surface area contributed by atoms with Crippen LogP contribution in [0.15, 0.2) is 0 Å². The molecule has 0 aromatic carbocycles. The minimum Gasteiger partial charge on any atom is -0.353 e. The van der Waals surface area contributed by atoms with Crippen LogP contribution in [0.3, 0.4) is 0 Å². The molecule has 0 heterocycles. The molecule has 1 amide bonds. The van der Waals surface area contributed by atoms with Gasteiger partial charge in [-0.1, -0.05) is 19.8 Å². The number of hydrogen-bond donors (Lipinski definition) is 3. The van der Waals surface area contributed by atoms with E-state index in [2.05, 4.69) is 12.2 Å². The molecule has 0 bridgehead atoms. The van der Waals surface area contributed by atoms with Crippen molar-refractivity contribution in [3.05, 3.63) is 0 Å². The largest absolute Gasteiger partial charge is 0.353 e. The van der Waals surface area contributed by atoms with Crippen molar-refractivity contribution in [3.63, 3.8) is 0 Å². The first-order valence-electron chi connectivity index (χ1n) is 4.45. The predicted molar refractivity (Wildman–Crippen MR) is 49.6 cm³/mol. The molecule has 72 valence electrons. The van der Waals surface area contributed by atoms with Crippen molar-refractivity contribution in [2.24, 2.45) is 11.5 Å². The lowest BCUT2D eigenvalue weighted by Gasteiger charge is -2.10. The lowest BCUT2D eigenvalue weighted by molar-refractivity contribution is -0.122. The summed E-state index contributed by atoms with van der Waals surface area (Å²) in [6.07, 6.45) is 2.82. The summed E-state index contributed by atoms with van der Waals surface area (Å²) in [6.45, 7) is 3.05. The van der Waals surface area contributed by atoms with Gasteiger partial charge in [-0.2, -0.15) is 0 Å². The first kappa shape index (κ1) is 11.4. The average molecular weight is 173 g/mol. The summed E-state index contributed by atoms with van der Waals surface area (Å²) >= 11 is 0. The topological polar surface area (TPSA) is 81.1 Å². The molecule has 0 radical (unpaired) electrons. The molecule has 0 aliphatic carbocycles. The number of rotatable bonds is 6. The minimum atomic E-state index is -0.364. The fourth-order valence-corrected chi connectivity index (χ4v) is 0.882. The molecule has 4 nitrogen and oxygen atoms in total. The number of unbranched alkanes of at least 4 members (excludes halogenated alkanes) is 1. The molecule has 0 spiro atoms. The maximum absolute atomic E-state index is 11.1. The summed E-state index contributed by atoms with van der Waals surface area (Å²) in [4.78, 5) is 11.1. The number of hydrogen-bond acceptors (Lipinski definition) is 3. The van der Waals surface area contributed by atoms with Crippen molar-refractivity contribution in [2.45, 2.75) is 32.2 Å². The van der Waals surface area contributed by atoms with Gasteiger partial charge in [-0.25, -0.2) is 0 Å². The summed E-state index contributed by atoms with van der Waals surface area (Å²) in [6, 6.07) is -0.364.